The highest BCUT2D eigenvalue weighted by Crippen LogP contribution is 2.18. The van der Waals surface area contributed by atoms with Crippen molar-refractivity contribution in [3.05, 3.63) is 18.2 Å². The van der Waals surface area contributed by atoms with E-state index in [-0.39, 0.29) is 12.2 Å². The molecule has 0 amide bonds. The second-order valence-electron chi connectivity index (χ2n) is 4.15. The molecule has 0 unspecified atom stereocenters. The van der Waals surface area contributed by atoms with Crippen molar-refractivity contribution in [2.45, 2.75) is 33.0 Å². The van der Waals surface area contributed by atoms with Crippen molar-refractivity contribution in [3.8, 4) is 0 Å². The second kappa shape index (κ2) is 4.14. The van der Waals surface area contributed by atoms with Gasteiger partial charge in [-0.2, -0.15) is 0 Å². The number of morpholine rings is 1. The van der Waals surface area contributed by atoms with Crippen molar-refractivity contribution in [2.24, 2.45) is 0 Å². The Labute approximate surface area is 90.3 Å². The van der Waals surface area contributed by atoms with Crippen LogP contribution in [0.1, 0.15) is 19.7 Å². The van der Waals surface area contributed by atoms with E-state index in [0.717, 1.165) is 24.6 Å². The molecule has 0 aromatic carbocycles. The molecule has 0 bridgehead atoms. The van der Waals surface area contributed by atoms with Gasteiger partial charge in [0.25, 0.3) is 0 Å². The van der Waals surface area contributed by atoms with Crippen LogP contribution in [-0.4, -0.2) is 35.3 Å². The largest absolute Gasteiger partial charge is 0.372 e. The maximum Gasteiger partial charge on any atom is 0.125 e. The molecule has 0 N–H and O–H groups in total. The Morgan fingerprint density at radius 2 is 1.73 bits per heavy atom. The van der Waals surface area contributed by atoms with Gasteiger partial charge in [-0.05, 0) is 20.8 Å². The van der Waals surface area contributed by atoms with Crippen LogP contribution >= 0.6 is 0 Å². The van der Waals surface area contributed by atoms with Crippen LogP contribution in [0.25, 0.3) is 0 Å². The van der Waals surface area contributed by atoms with Gasteiger partial charge in [0.05, 0.1) is 30.3 Å². The number of nitrogens with zero attached hydrogens (tertiary/aromatic N) is 3. The number of ether oxygens (including phenoxy) is 1. The van der Waals surface area contributed by atoms with E-state index in [2.05, 4.69) is 28.7 Å². The van der Waals surface area contributed by atoms with E-state index < -0.39 is 0 Å². The standard InChI is InChI=1S/C11H17N3O/c1-8-6-14(7-9(2)15-8)11-4-12-10(3)13-5-11/h4-5,8-9H,6-7H2,1-3H3/t8-,9+. The Bertz CT molecular complexity index is 315. The summed E-state index contributed by atoms with van der Waals surface area (Å²) in [5, 5.41) is 0. The molecule has 2 rings (SSSR count). The van der Waals surface area contributed by atoms with Gasteiger partial charge in [0.2, 0.25) is 0 Å². The summed E-state index contributed by atoms with van der Waals surface area (Å²) in [6, 6.07) is 0. The van der Waals surface area contributed by atoms with Crippen LogP contribution in [0, 0.1) is 6.92 Å². The summed E-state index contributed by atoms with van der Waals surface area (Å²) < 4.78 is 5.68. The number of anilines is 1. The molecule has 2 atom stereocenters. The first-order chi connectivity index (χ1) is 7.15. The molecule has 0 aliphatic carbocycles. The molecule has 1 fully saturated rings. The minimum atomic E-state index is 0.273. The number of hydrogen-bond acceptors (Lipinski definition) is 4. The summed E-state index contributed by atoms with van der Waals surface area (Å²) >= 11 is 0. The molecule has 1 aliphatic rings. The van der Waals surface area contributed by atoms with E-state index in [1.54, 1.807) is 0 Å². The van der Waals surface area contributed by atoms with E-state index in [9.17, 15) is 0 Å². The van der Waals surface area contributed by atoms with Gasteiger partial charge in [0.15, 0.2) is 0 Å². The SMILES string of the molecule is Cc1ncc(N2C[C@@H](C)O[C@@H](C)C2)cn1. The maximum atomic E-state index is 5.68. The van der Waals surface area contributed by atoms with Gasteiger partial charge in [-0.1, -0.05) is 0 Å². The minimum absolute atomic E-state index is 0.273. The third kappa shape index (κ3) is 2.45. The first-order valence-electron chi connectivity index (χ1n) is 5.34. The molecule has 1 aromatic rings. The first kappa shape index (κ1) is 10.4. The topological polar surface area (TPSA) is 38.2 Å². The Kier molecular flexibility index (Phi) is 2.86. The van der Waals surface area contributed by atoms with Crippen molar-refractivity contribution in [3.63, 3.8) is 0 Å². The quantitative estimate of drug-likeness (QED) is 0.697. The summed E-state index contributed by atoms with van der Waals surface area (Å²) in [6.07, 6.45) is 4.31. The number of hydrogen-bond donors (Lipinski definition) is 0. The lowest BCUT2D eigenvalue weighted by Gasteiger charge is -2.36. The van der Waals surface area contributed by atoms with Crippen LogP contribution in [0.4, 0.5) is 5.69 Å². The molecule has 82 valence electrons. The van der Waals surface area contributed by atoms with Crippen molar-refractivity contribution < 1.29 is 4.74 Å². The summed E-state index contributed by atoms with van der Waals surface area (Å²) in [5.74, 6) is 0.813. The Morgan fingerprint density at radius 1 is 1.20 bits per heavy atom. The zero-order chi connectivity index (χ0) is 10.8. The zero-order valence-electron chi connectivity index (χ0n) is 9.47. The number of aromatic nitrogens is 2. The first-order valence-corrected chi connectivity index (χ1v) is 5.34. The predicted molar refractivity (Wildman–Crippen MR) is 59.0 cm³/mol. The molecular formula is C11H17N3O. The maximum absolute atomic E-state index is 5.68. The summed E-state index contributed by atoms with van der Waals surface area (Å²) in [5.41, 5.74) is 1.09. The highest BCUT2D eigenvalue weighted by molar-refractivity contribution is 5.42. The highest BCUT2D eigenvalue weighted by Gasteiger charge is 2.22. The molecule has 2 heterocycles. The molecule has 4 heteroatoms. The van der Waals surface area contributed by atoms with Crippen LogP contribution in [-0.2, 0) is 4.74 Å². The molecule has 0 spiro atoms. The average molecular weight is 207 g/mol. The fourth-order valence-electron chi connectivity index (χ4n) is 1.94. The van der Waals surface area contributed by atoms with Gasteiger partial charge >= 0.3 is 0 Å². The van der Waals surface area contributed by atoms with Crippen LogP contribution in [0.2, 0.25) is 0 Å². The van der Waals surface area contributed by atoms with Crippen molar-refractivity contribution in [1.29, 1.82) is 0 Å². The monoisotopic (exact) mass is 207 g/mol. The van der Waals surface area contributed by atoms with Gasteiger partial charge in [-0.25, -0.2) is 9.97 Å². The molecule has 0 saturated carbocycles. The van der Waals surface area contributed by atoms with Gasteiger partial charge in [0.1, 0.15) is 5.82 Å². The Balaban J connectivity index is 2.12. The Morgan fingerprint density at radius 3 is 2.27 bits per heavy atom. The van der Waals surface area contributed by atoms with Crippen molar-refractivity contribution in [2.75, 3.05) is 18.0 Å². The average Bonchev–Trinajstić information content (AvgIpc) is 2.17. The van der Waals surface area contributed by atoms with Gasteiger partial charge in [-0.3, -0.25) is 0 Å². The lowest BCUT2D eigenvalue weighted by Crippen LogP contribution is -2.45. The lowest BCUT2D eigenvalue weighted by atomic mass is 10.2. The third-order valence-corrected chi connectivity index (χ3v) is 2.55. The van der Waals surface area contributed by atoms with Crippen molar-refractivity contribution in [1.82, 2.24) is 9.97 Å². The smallest absolute Gasteiger partial charge is 0.125 e. The third-order valence-electron chi connectivity index (χ3n) is 2.55. The minimum Gasteiger partial charge on any atom is -0.372 e. The normalized spacial score (nSPS) is 26.7. The van der Waals surface area contributed by atoms with Crippen LogP contribution < -0.4 is 4.90 Å². The van der Waals surface area contributed by atoms with Gasteiger partial charge in [-0.15, -0.1) is 0 Å². The summed E-state index contributed by atoms with van der Waals surface area (Å²) in [6.45, 7) is 7.91. The van der Waals surface area contributed by atoms with Gasteiger partial charge in [0, 0.05) is 13.1 Å². The zero-order valence-corrected chi connectivity index (χ0v) is 9.47. The summed E-state index contributed by atoms with van der Waals surface area (Å²) in [4.78, 5) is 10.7. The molecule has 1 saturated heterocycles. The number of rotatable bonds is 1. The number of aryl methyl sites for hydroxylation is 1. The van der Waals surface area contributed by atoms with E-state index in [1.165, 1.54) is 0 Å². The van der Waals surface area contributed by atoms with Crippen LogP contribution in [0.5, 0.6) is 0 Å². The van der Waals surface area contributed by atoms with E-state index in [1.807, 2.05) is 19.3 Å². The van der Waals surface area contributed by atoms with E-state index >= 15 is 0 Å². The fourth-order valence-corrected chi connectivity index (χ4v) is 1.94. The lowest BCUT2D eigenvalue weighted by molar-refractivity contribution is -0.00525. The van der Waals surface area contributed by atoms with Gasteiger partial charge < -0.3 is 9.64 Å². The molecule has 1 aromatic heterocycles. The highest BCUT2D eigenvalue weighted by atomic mass is 16.5. The molecule has 15 heavy (non-hydrogen) atoms. The Hall–Kier alpha value is -1.16. The predicted octanol–water partition coefficient (Wildman–Crippen LogP) is 1.40. The van der Waals surface area contributed by atoms with Crippen LogP contribution in [0.3, 0.4) is 0 Å². The molecule has 0 radical (unpaired) electrons. The fraction of sp³-hybridized carbons (Fsp3) is 0.636. The molecular weight excluding hydrogens is 190 g/mol. The molecule has 1 aliphatic heterocycles. The van der Waals surface area contributed by atoms with E-state index in [4.69, 9.17) is 4.74 Å². The van der Waals surface area contributed by atoms with Crippen LogP contribution in [0.15, 0.2) is 12.4 Å². The summed E-state index contributed by atoms with van der Waals surface area (Å²) in [7, 11) is 0. The van der Waals surface area contributed by atoms with Crippen molar-refractivity contribution >= 4 is 5.69 Å². The molecule has 4 nitrogen and oxygen atoms in total. The van der Waals surface area contributed by atoms with E-state index in [0.29, 0.717) is 0 Å². The second-order valence-corrected chi connectivity index (χ2v) is 4.15.